The third-order valence-electron chi connectivity index (χ3n) is 2.35. The van der Waals surface area contributed by atoms with Crippen LogP contribution in [0.2, 0.25) is 0 Å². The monoisotopic (exact) mass is 275 g/mol. The van der Waals surface area contributed by atoms with Crippen molar-refractivity contribution in [1.29, 1.82) is 0 Å². The fourth-order valence-electron chi connectivity index (χ4n) is 1.36. The van der Waals surface area contributed by atoms with Gasteiger partial charge in [-0.1, -0.05) is 0 Å². The van der Waals surface area contributed by atoms with E-state index in [9.17, 15) is 13.2 Å². The molecule has 18 heavy (non-hydrogen) atoms. The Morgan fingerprint density at radius 2 is 2.17 bits per heavy atom. The van der Waals surface area contributed by atoms with E-state index in [1.54, 1.807) is 14.0 Å². The number of aliphatic hydroxyl groups excluding tert-OH is 1. The Kier molecular flexibility index (Phi) is 4.49. The standard InChI is InChI=1S/C10H17N3O4S/c1-7(14)5-12-10(15)9-4-8(6-13(9)3)18(16,17)11-2/h4,6-7,11,14H,5H2,1-3H3,(H,12,15). The van der Waals surface area contributed by atoms with E-state index in [0.717, 1.165) is 0 Å². The smallest absolute Gasteiger partial charge is 0.268 e. The van der Waals surface area contributed by atoms with Crippen molar-refractivity contribution >= 4 is 15.9 Å². The molecule has 0 radical (unpaired) electrons. The number of aliphatic hydroxyl groups is 1. The molecule has 0 aliphatic rings. The van der Waals surface area contributed by atoms with Crippen LogP contribution in [0.4, 0.5) is 0 Å². The molecule has 0 spiro atoms. The molecule has 1 unspecified atom stereocenters. The molecular weight excluding hydrogens is 258 g/mol. The third-order valence-corrected chi connectivity index (χ3v) is 3.73. The lowest BCUT2D eigenvalue weighted by Crippen LogP contribution is -2.31. The topological polar surface area (TPSA) is 100 Å². The van der Waals surface area contributed by atoms with Gasteiger partial charge in [-0.15, -0.1) is 0 Å². The Bertz CT molecular complexity index is 533. The van der Waals surface area contributed by atoms with Crippen LogP contribution in [0.1, 0.15) is 17.4 Å². The summed E-state index contributed by atoms with van der Waals surface area (Å²) in [5.74, 6) is -0.434. The molecule has 0 saturated carbocycles. The van der Waals surface area contributed by atoms with Gasteiger partial charge in [0.1, 0.15) is 10.6 Å². The van der Waals surface area contributed by atoms with Crippen LogP contribution in [0.3, 0.4) is 0 Å². The zero-order valence-corrected chi connectivity index (χ0v) is 11.3. The van der Waals surface area contributed by atoms with Crippen LogP contribution in [0.15, 0.2) is 17.2 Å². The van der Waals surface area contributed by atoms with Crippen LogP contribution < -0.4 is 10.0 Å². The number of carbonyl (C=O) groups excluding carboxylic acids is 1. The molecule has 0 aliphatic carbocycles. The molecule has 7 nitrogen and oxygen atoms in total. The van der Waals surface area contributed by atoms with Crippen LogP contribution in [-0.4, -0.2) is 43.7 Å². The molecule has 8 heteroatoms. The zero-order valence-electron chi connectivity index (χ0n) is 10.5. The van der Waals surface area contributed by atoms with Gasteiger partial charge in [-0.2, -0.15) is 0 Å². The number of rotatable bonds is 5. The maximum atomic E-state index is 11.7. The highest BCUT2D eigenvalue weighted by atomic mass is 32.2. The molecule has 0 aromatic carbocycles. The van der Waals surface area contributed by atoms with Gasteiger partial charge in [-0.25, -0.2) is 13.1 Å². The van der Waals surface area contributed by atoms with Gasteiger partial charge >= 0.3 is 0 Å². The van der Waals surface area contributed by atoms with Crippen molar-refractivity contribution in [3.8, 4) is 0 Å². The molecule has 0 bridgehead atoms. The first kappa shape index (κ1) is 14.7. The molecule has 3 N–H and O–H groups in total. The van der Waals surface area contributed by atoms with Crippen LogP contribution >= 0.6 is 0 Å². The SMILES string of the molecule is CNS(=O)(=O)c1cc(C(=O)NCC(C)O)n(C)c1. The van der Waals surface area contributed by atoms with Gasteiger partial charge in [0.15, 0.2) is 0 Å². The molecule has 1 rings (SSSR count). The number of sulfonamides is 1. The number of carbonyl (C=O) groups is 1. The number of nitrogens with zero attached hydrogens (tertiary/aromatic N) is 1. The lowest BCUT2D eigenvalue weighted by atomic mass is 10.3. The first-order valence-corrected chi connectivity index (χ1v) is 6.82. The Morgan fingerprint density at radius 3 is 2.67 bits per heavy atom. The predicted molar refractivity (Wildman–Crippen MR) is 65.7 cm³/mol. The van der Waals surface area contributed by atoms with Crippen LogP contribution in [0.5, 0.6) is 0 Å². The predicted octanol–water partition coefficient (Wildman–Crippen LogP) is -0.956. The van der Waals surface area contributed by atoms with E-state index in [1.165, 1.54) is 23.9 Å². The summed E-state index contributed by atoms with van der Waals surface area (Å²) in [4.78, 5) is 11.8. The summed E-state index contributed by atoms with van der Waals surface area (Å²) in [6.07, 6.45) is 0.693. The van der Waals surface area contributed by atoms with Gasteiger partial charge in [0.2, 0.25) is 10.0 Å². The number of amides is 1. The van der Waals surface area contributed by atoms with E-state index in [4.69, 9.17) is 5.11 Å². The van der Waals surface area contributed by atoms with Gasteiger partial charge < -0.3 is 15.0 Å². The molecule has 1 amide bonds. The molecular formula is C10H17N3O4S. The minimum atomic E-state index is -3.56. The Labute approximate surface area is 106 Å². The Hall–Kier alpha value is -1.38. The number of nitrogens with one attached hydrogen (secondary N) is 2. The number of aromatic nitrogens is 1. The Morgan fingerprint density at radius 1 is 1.56 bits per heavy atom. The summed E-state index contributed by atoms with van der Waals surface area (Å²) >= 11 is 0. The molecule has 1 heterocycles. The highest BCUT2D eigenvalue weighted by Gasteiger charge is 2.19. The van der Waals surface area contributed by atoms with E-state index in [1.807, 2.05) is 0 Å². The van der Waals surface area contributed by atoms with Crippen molar-refractivity contribution in [2.45, 2.75) is 17.9 Å². The summed E-state index contributed by atoms with van der Waals surface area (Å²) in [5.41, 5.74) is 0.212. The van der Waals surface area contributed by atoms with Crippen molar-refractivity contribution in [3.05, 3.63) is 18.0 Å². The van der Waals surface area contributed by atoms with E-state index in [-0.39, 0.29) is 17.1 Å². The molecule has 0 aliphatic heterocycles. The third kappa shape index (κ3) is 3.31. The summed E-state index contributed by atoms with van der Waals surface area (Å²) in [6.45, 7) is 1.65. The highest BCUT2D eigenvalue weighted by molar-refractivity contribution is 7.89. The molecule has 0 saturated heterocycles. The second-order valence-corrected chi connectivity index (χ2v) is 5.83. The van der Waals surface area contributed by atoms with Crippen molar-refractivity contribution < 1.29 is 18.3 Å². The van der Waals surface area contributed by atoms with Crippen molar-refractivity contribution in [2.24, 2.45) is 7.05 Å². The fraction of sp³-hybridized carbons (Fsp3) is 0.500. The Balaban J connectivity index is 2.95. The van der Waals surface area contributed by atoms with Crippen molar-refractivity contribution in [1.82, 2.24) is 14.6 Å². The molecule has 1 atom stereocenters. The van der Waals surface area contributed by atoms with Crippen molar-refractivity contribution in [3.63, 3.8) is 0 Å². The van der Waals surface area contributed by atoms with Gasteiger partial charge in [0.25, 0.3) is 5.91 Å². The number of aryl methyl sites for hydroxylation is 1. The summed E-state index contributed by atoms with van der Waals surface area (Å²) in [6, 6.07) is 1.28. The fourth-order valence-corrected chi connectivity index (χ4v) is 2.16. The largest absolute Gasteiger partial charge is 0.392 e. The van der Waals surface area contributed by atoms with Crippen LogP contribution in [-0.2, 0) is 17.1 Å². The van der Waals surface area contributed by atoms with Crippen molar-refractivity contribution in [2.75, 3.05) is 13.6 Å². The molecule has 1 aromatic heterocycles. The minimum absolute atomic E-state index is 0.0229. The lowest BCUT2D eigenvalue weighted by Gasteiger charge is -2.07. The molecule has 0 fully saturated rings. The average Bonchev–Trinajstić information content (AvgIpc) is 2.69. The second kappa shape index (κ2) is 5.51. The summed E-state index contributed by atoms with van der Waals surface area (Å²) < 4.78 is 26.7. The highest BCUT2D eigenvalue weighted by Crippen LogP contribution is 2.12. The summed E-state index contributed by atoms with van der Waals surface area (Å²) in [5, 5.41) is 11.6. The first-order chi connectivity index (χ1) is 8.27. The van der Waals surface area contributed by atoms with E-state index in [0.29, 0.717) is 0 Å². The maximum absolute atomic E-state index is 11.7. The zero-order chi connectivity index (χ0) is 13.9. The quantitative estimate of drug-likeness (QED) is 0.644. The number of hydrogen-bond acceptors (Lipinski definition) is 4. The van der Waals surface area contributed by atoms with Gasteiger partial charge in [-0.05, 0) is 20.0 Å². The van der Waals surface area contributed by atoms with Crippen LogP contribution in [0, 0.1) is 0 Å². The van der Waals surface area contributed by atoms with Crippen LogP contribution in [0.25, 0.3) is 0 Å². The van der Waals surface area contributed by atoms with E-state index in [2.05, 4.69) is 10.0 Å². The normalized spacial score (nSPS) is 13.3. The van der Waals surface area contributed by atoms with E-state index >= 15 is 0 Å². The van der Waals surface area contributed by atoms with Gasteiger partial charge in [-0.3, -0.25) is 4.79 Å². The summed E-state index contributed by atoms with van der Waals surface area (Å²) in [7, 11) is -0.688. The maximum Gasteiger partial charge on any atom is 0.268 e. The van der Waals surface area contributed by atoms with E-state index < -0.39 is 22.0 Å². The van der Waals surface area contributed by atoms with Gasteiger partial charge in [0, 0.05) is 19.8 Å². The number of hydrogen-bond donors (Lipinski definition) is 3. The minimum Gasteiger partial charge on any atom is -0.392 e. The second-order valence-electron chi connectivity index (χ2n) is 3.94. The van der Waals surface area contributed by atoms with Gasteiger partial charge in [0.05, 0.1) is 6.10 Å². The first-order valence-electron chi connectivity index (χ1n) is 5.34. The molecule has 1 aromatic rings. The lowest BCUT2D eigenvalue weighted by molar-refractivity contribution is 0.0916. The average molecular weight is 275 g/mol. The molecule has 102 valence electrons.